The highest BCUT2D eigenvalue weighted by Gasteiger charge is 2.29. The highest BCUT2D eigenvalue weighted by Crippen LogP contribution is 2.28. The molecule has 98 valence electrons. The minimum Gasteiger partial charge on any atom is -0.398 e. The Kier molecular flexibility index (Phi) is 3.95. The van der Waals surface area contributed by atoms with Crippen molar-refractivity contribution in [3.05, 3.63) is 28.2 Å². The van der Waals surface area contributed by atoms with Gasteiger partial charge in [0.05, 0.1) is 5.56 Å². The molecule has 0 radical (unpaired) electrons. The highest BCUT2D eigenvalue weighted by molar-refractivity contribution is 9.10. The summed E-state index contributed by atoms with van der Waals surface area (Å²) < 4.78 is 0.871. The second-order valence-electron chi connectivity index (χ2n) is 5.31. The molecular formula is C14H19BrN2O. The number of amides is 1. The summed E-state index contributed by atoms with van der Waals surface area (Å²) in [4.78, 5) is 12.3. The summed E-state index contributed by atoms with van der Waals surface area (Å²) in [5.41, 5.74) is 6.85. The van der Waals surface area contributed by atoms with E-state index in [4.69, 9.17) is 5.73 Å². The van der Waals surface area contributed by atoms with E-state index in [-0.39, 0.29) is 11.4 Å². The van der Waals surface area contributed by atoms with Crippen LogP contribution in [0.2, 0.25) is 0 Å². The van der Waals surface area contributed by atoms with Crippen molar-refractivity contribution in [2.75, 3.05) is 5.73 Å². The molecule has 1 amide bonds. The summed E-state index contributed by atoms with van der Waals surface area (Å²) in [6.07, 6.45) is 5.74. The van der Waals surface area contributed by atoms with E-state index in [1.807, 2.05) is 6.07 Å². The molecule has 0 atom stereocenters. The van der Waals surface area contributed by atoms with Gasteiger partial charge in [-0.2, -0.15) is 0 Å². The molecule has 0 spiro atoms. The molecule has 0 bridgehead atoms. The van der Waals surface area contributed by atoms with E-state index in [1.54, 1.807) is 12.1 Å². The topological polar surface area (TPSA) is 55.1 Å². The Labute approximate surface area is 116 Å². The quantitative estimate of drug-likeness (QED) is 0.822. The van der Waals surface area contributed by atoms with E-state index < -0.39 is 0 Å². The van der Waals surface area contributed by atoms with Crippen LogP contribution < -0.4 is 11.1 Å². The normalized spacial score (nSPS) is 18.3. The first-order valence-corrected chi connectivity index (χ1v) is 7.17. The monoisotopic (exact) mass is 310 g/mol. The molecular weight excluding hydrogens is 292 g/mol. The predicted molar refractivity (Wildman–Crippen MR) is 77.5 cm³/mol. The second kappa shape index (κ2) is 5.31. The molecule has 3 N–H and O–H groups in total. The molecule has 3 nitrogen and oxygen atoms in total. The molecule has 0 aromatic heterocycles. The predicted octanol–water partition coefficient (Wildman–Crippen LogP) is 3.48. The lowest BCUT2D eigenvalue weighted by molar-refractivity contribution is 0.0883. The van der Waals surface area contributed by atoms with Crippen molar-refractivity contribution in [2.45, 2.75) is 44.6 Å². The number of hydrogen-bond donors (Lipinski definition) is 2. The first-order valence-electron chi connectivity index (χ1n) is 6.38. The average molecular weight is 311 g/mol. The fourth-order valence-electron chi connectivity index (χ4n) is 2.52. The third-order valence-corrected chi connectivity index (χ3v) is 4.13. The molecule has 1 fully saturated rings. The molecule has 0 aliphatic heterocycles. The van der Waals surface area contributed by atoms with Crippen molar-refractivity contribution in [2.24, 2.45) is 0 Å². The maximum Gasteiger partial charge on any atom is 0.253 e. The molecule has 4 heteroatoms. The average Bonchev–Trinajstić information content (AvgIpc) is 2.32. The number of benzene rings is 1. The number of rotatable bonds is 2. The first kappa shape index (κ1) is 13.4. The molecule has 2 rings (SSSR count). The van der Waals surface area contributed by atoms with Crippen LogP contribution in [0, 0.1) is 0 Å². The Bertz CT molecular complexity index is 453. The van der Waals surface area contributed by atoms with Gasteiger partial charge in [0.25, 0.3) is 5.91 Å². The first-order chi connectivity index (χ1) is 8.50. The number of nitrogen functional groups attached to an aromatic ring is 1. The van der Waals surface area contributed by atoms with E-state index in [0.717, 1.165) is 17.3 Å². The van der Waals surface area contributed by atoms with E-state index in [0.29, 0.717) is 11.3 Å². The zero-order valence-electron chi connectivity index (χ0n) is 10.6. The summed E-state index contributed by atoms with van der Waals surface area (Å²) in [5.74, 6) is -0.0711. The van der Waals surface area contributed by atoms with E-state index in [9.17, 15) is 4.79 Å². The molecule has 0 heterocycles. The van der Waals surface area contributed by atoms with Gasteiger partial charge in [-0.1, -0.05) is 35.2 Å². The summed E-state index contributed by atoms with van der Waals surface area (Å²) in [5, 5.41) is 3.14. The number of nitrogens with two attached hydrogens (primary N) is 1. The van der Waals surface area contributed by atoms with Gasteiger partial charge < -0.3 is 11.1 Å². The molecule has 1 aliphatic rings. The third-order valence-electron chi connectivity index (χ3n) is 3.63. The van der Waals surface area contributed by atoms with Crippen LogP contribution in [0.5, 0.6) is 0 Å². The summed E-state index contributed by atoms with van der Waals surface area (Å²) in [7, 11) is 0. The van der Waals surface area contributed by atoms with Gasteiger partial charge in [-0.15, -0.1) is 0 Å². The number of anilines is 1. The zero-order chi connectivity index (χ0) is 13.2. The Balaban J connectivity index is 2.14. The molecule has 0 saturated heterocycles. The summed E-state index contributed by atoms with van der Waals surface area (Å²) >= 11 is 3.37. The second-order valence-corrected chi connectivity index (χ2v) is 6.22. The fourth-order valence-corrected chi connectivity index (χ4v) is 2.88. The van der Waals surface area contributed by atoms with Crippen LogP contribution in [-0.4, -0.2) is 11.4 Å². The van der Waals surface area contributed by atoms with Gasteiger partial charge in [-0.3, -0.25) is 4.79 Å². The molecule has 1 aromatic carbocycles. The molecule has 18 heavy (non-hydrogen) atoms. The minimum atomic E-state index is -0.0793. The smallest absolute Gasteiger partial charge is 0.253 e. The molecule has 0 unspecified atom stereocenters. The zero-order valence-corrected chi connectivity index (χ0v) is 12.2. The standard InChI is InChI=1S/C14H19BrN2O/c1-14(7-3-2-4-8-14)17-13(18)11-9-10(15)5-6-12(11)16/h5-6,9H,2-4,7-8,16H2,1H3,(H,17,18). The lowest BCUT2D eigenvalue weighted by atomic mass is 9.83. The lowest BCUT2D eigenvalue weighted by Gasteiger charge is -2.34. The molecule has 1 aromatic rings. The maximum atomic E-state index is 12.3. The highest BCUT2D eigenvalue weighted by atomic mass is 79.9. The molecule has 1 saturated carbocycles. The van der Waals surface area contributed by atoms with Gasteiger partial charge in [0.15, 0.2) is 0 Å². The van der Waals surface area contributed by atoms with Crippen LogP contribution >= 0.6 is 15.9 Å². The Hall–Kier alpha value is -1.03. The Morgan fingerprint density at radius 2 is 2.00 bits per heavy atom. The van der Waals surface area contributed by atoms with Crippen LogP contribution in [-0.2, 0) is 0 Å². The number of nitrogens with one attached hydrogen (secondary N) is 1. The van der Waals surface area contributed by atoms with E-state index >= 15 is 0 Å². The fraction of sp³-hybridized carbons (Fsp3) is 0.500. The van der Waals surface area contributed by atoms with Crippen molar-refractivity contribution < 1.29 is 4.79 Å². The van der Waals surface area contributed by atoms with Gasteiger partial charge in [-0.25, -0.2) is 0 Å². The number of halogens is 1. The number of carbonyl (C=O) groups excluding carboxylic acids is 1. The third kappa shape index (κ3) is 3.05. The maximum absolute atomic E-state index is 12.3. The Morgan fingerprint density at radius 3 is 2.67 bits per heavy atom. The summed E-state index contributed by atoms with van der Waals surface area (Å²) in [6.45, 7) is 2.12. The van der Waals surface area contributed by atoms with Crippen molar-refractivity contribution in [1.29, 1.82) is 0 Å². The SMILES string of the molecule is CC1(NC(=O)c2cc(Br)ccc2N)CCCCC1. The van der Waals surface area contributed by atoms with Crippen LogP contribution in [0.25, 0.3) is 0 Å². The van der Waals surface area contributed by atoms with Gasteiger partial charge in [0.1, 0.15) is 0 Å². The van der Waals surface area contributed by atoms with Gasteiger partial charge in [0, 0.05) is 15.7 Å². The van der Waals surface area contributed by atoms with E-state index in [2.05, 4.69) is 28.2 Å². The van der Waals surface area contributed by atoms with Gasteiger partial charge in [0.2, 0.25) is 0 Å². The molecule has 1 aliphatic carbocycles. The number of hydrogen-bond acceptors (Lipinski definition) is 2. The number of carbonyl (C=O) groups is 1. The van der Waals surface area contributed by atoms with Crippen molar-refractivity contribution in [3.8, 4) is 0 Å². The van der Waals surface area contributed by atoms with Crippen molar-refractivity contribution in [3.63, 3.8) is 0 Å². The minimum absolute atomic E-state index is 0.0711. The van der Waals surface area contributed by atoms with Crippen LogP contribution in [0.4, 0.5) is 5.69 Å². The largest absolute Gasteiger partial charge is 0.398 e. The lowest BCUT2D eigenvalue weighted by Crippen LogP contribution is -2.47. The van der Waals surface area contributed by atoms with Crippen LogP contribution in [0.1, 0.15) is 49.4 Å². The summed E-state index contributed by atoms with van der Waals surface area (Å²) in [6, 6.07) is 5.37. The Morgan fingerprint density at radius 1 is 1.33 bits per heavy atom. The van der Waals surface area contributed by atoms with Crippen molar-refractivity contribution >= 4 is 27.5 Å². The van der Waals surface area contributed by atoms with Gasteiger partial charge >= 0.3 is 0 Å². The van der Waals surface area contributed by atoms with Crippen molar-refractivity contribution in [1.82, 2.24) is 5.32 Å². The van der Waals surface area contributed by atoms with E-state index in [1.165, 1.54) is 19.3 Å². The van der Waals surface area contributed by atoms with Crippen LogP contribution in [0.15, 0.2) is 22.7 Å². The van der Waals surface area contributed by atoms with Gasteiger partial charge in [-0.05, 0) is 38.0 Å². The van der Waals surface area contributed by atoms with Crippen LogP contribution in [0.3, 0.4) is 0 Å².